The number of benzene rings is 1. The molecular weight excluding hydrogens is 278 g/mol. The molecule has 3 aromatic rings. The maximum absolute atomic E-state index is 12.3. The van der Waals surface area contributed by atoms with Crippen molar-refractivity contribution in [2.24, 2.45) is 0 Å². The third-order valence-electron chi connectivity index (χ3n) is 3.14. The molecule has 4 heteroatoms. The molecule has 0 unspecified atom stereocenters. The van der Waals surface area contributed by atoms with Crippen LogP contribution in [0, 0.1) is 6.92 Å². The predicted molar refractivity (Wildman–Crippen MR) is 81.4 cm³/mol. The third-order valence-corrected chi connectivity index (χ3v) is 4.38. The van der Waals surface area contributed by atoms with E-state index in [4.69, 9.17) is 11.6 Å². The lowest BCUT2D eigenvalue weighted by Gasteiger charge is -2.08. The Kier molecular flexibility index (Phi) is 3.17. The van der Waals surface area contributed by atoms with Gasteiger partial charge < -0.3 is 4.57 Å². The second-order valence-corrected chi connectivity index (χ2v) is 5.90. The molecule has 0 atom stereocenters. The lowest BCUT2D eigenvalue weighted by molar-refractivity contribution is 0.768. The second kappa shape index (κ2) is 4.83. The van der Waals surface area contributed by atoms with Gasteiger partial charge in [0, 0.05) is 15.9 Å². The van der Waals surface area contributed by atoms with Crippen LogP contribution in [0.5, 0.6) is 0 Å². The molecule has 0 fully saturated rings. The predicted octanol–water partition coefficient (Wildman–Crippen LogP) is 4.07. The molecule has 0 spiro atoms. The number of halogens is 1. The van der Waals surface area contributed by atoms with Crippen molar-refractivity contribution in [2.75, 3.05) is 0 Å². The van der Waals surface area contributed by atoms with Gasteiger partial charge in [-0.25, -0.2) is 0 Å². The molecule has 2 aromatic heterocycles. The summed E-state index contributed by atoms with van der Waals surface area (Å²) in [5.41, 5.74) is 2.12. The Morgan fingerprint density at radius 3 is 2.89 bits per heavy atom. The number of fused-ring (bicyclic) bond motifs is 1. The van der Waals surface area contributed by atoms with Gasteiger partial charge in [0.2, 0.25) is 0 Å². The van der Waals surface area contributed by atoms with E-state index in [2.05, 4.69) is 0 Å². The van der Waals surface area contributed by atoms with Gasteiger partial charge in [-0.05, 0) is 41.6 Å². The Morgan fingerprint density at radius 1 is 1.26 bits per heavy atom. The van der Waals surface area contributed by atoms with E-state index in [1.54, 1.807) is 15.9 Å². The highest BCUT2D eigenvalue weighted by Gasteiger charge is 2.06. The summed E-state index contributed by atoms with van der Waals surface area (Å²) >= 11 is 7.80. The maximum atomic E-state index is 12.3. The van der Waals surface area contributed by atoms with E-state index in [1.807, 2.05) is 48.8 Å². The molecule has 0 aliphatic carbocycles. The van der Waals surface area contributed by atoms with E-state index >= 15 is 0 Å². The molecule has 0 radical (unpaired) electrons. The molecule has 0 N–H and O–H groups in total. The normalized spacial score (nSPS) is 11.1. The summed E-state index contributed by atoms with van der Waals surface area (Å²) in [6.07, 6.45) is 1.83. The summed E-state index contributed by atoms with van der Waals surface area (Å²) in [4.78, 5) is 12.3. The molecule has 0 bridgehead atoms. The van der Waals surface area contributed by atoms with Crippen LogP contribution in [0.1, 0.15) is 11.1 Å². The first-order valence-corrected chi connectivity index (χ1v) is 7.22. The van der Waals surface area contributed by atoms with Crippen LogP contribution in [-0.2, 0) is 6.54 Å². The molecule has 0 aliphatic rings. The Morgan fingerprint density at radius 2 is 2.11 bits per heavy atom. The Balaban J connectivity index is 2.05. The highest BCUT2D eigenvalue weighted by Crippen LogP contribution is 2.20. The fourth-order valence-electron chi connectivity index (χ4n) is 2.10. The molecule has 19 heavy (non-hydrogen) atoms. The third kappa shape index (κ3) is 2.31. The van der Waals surface area contributed by atoms with Crippen LogP contribution in [0.15, 0.2) is 46.7 Å². The van der Waals surface area contributed by atoms with Crippen molar-refractivity contribution < 1.29 is 0 Å². The number of thiophene rings is 1. The topological polar surface area (TPSA) is 22.0 Å². The molecule has 0 aliphatic heterocycles. The fraction of sp³-hybridized carbons (Fsp3) is 0.133. The number of pyridine rings is 1. The molecule has 0 saturated carbocycles. The van der Waals surface area contributed by atoms with Crippen molar-refractivity contribution in [3.05, 3.63) is 68.4 Å². The van der Waals surface area contributed by atoms with E-state index in [-0.39, 0.29) is 5.56 Å². The van der Waals surface area contributed by atoms with Crippen molar-refractivity contribution in [2.45, 2.75) is 13.5 Å². The highest BCUT2D eigenvalue weighted by atomic mass is 35.5. The zero-order valence-electron chi connectivity index (χ0n) is 10.4. The van der Waals surface area contributed by atoms with Gasteiger partial charge in [-0.15, -0.1) is 11.3 Å². The first-order valence-electron chi connectivity index (χ1n) is 5.97. The van der Waals surface area contributed by atoms with Crippen LogP contribution in [0.3, 0.4) is 0 Å². The van der Waals surface area contributed by atoms with E-state index in [0.717, 1.165) is 21.2 Å². The summed E-state index contributed by atoms with van der Waals surface area (Å²) in [5.74, 6) is 0. The number of aromatic nitrogens is 1. The van der Waals surface area contributed by atoms with Crippen LogP contribution in [0.4, 0.5) is 0 Å². The van der Waals surface area contributed by atoms with Crippen LogP contribution in [0.25, 0.3) is 10.1 Å². The smallest absolute Gasteiger partial charge is 0.259 e. The van der Waals surface area contributed by atoms with Crippen LogP contribution < -0.4 is 5.56 Å². The summed E-state index contributed by atoms with van der Waals surface area (Å²) in [7, 11) is 0. The van der Waals surface area contributed by atoms with Crippen molar-refractivity contribution in [3.8, 4) is 0 Å². The first kappa shape index (κ1) is 12.5. The first-order chi connectivity index (χ1) is 9.15. The van der Waals surface area contributed by atoms with Gasteiger partial charge in [-0.3, -0.25) is 4.79 Å². The fourth-order valence-corrected chi connectivity index (χ4v) is 3.16. The van der Waals surface area contributed by atoms with Gasteiger partial charge in [-0.2, -0.15) is 0 Å². The van der Waals surface area contributed by atoms with E-state index in [0.29, 0.717) is 11.6 Å². The number of hydrogen-bond donors (Lipinski definition) is 0. The number of rotatable bonds is 2. The molecule has 2 heterocycles. The van der Waals surface area contributed by atoms with Crippen molar-refractivity contribution in [1.29, 1.82) is 0 Å². The highest BCUT2D eigenvalue weighted by molar-refractivity contribution is 7.17. The number of hydrogen-bond acceptors (Lipinski definition) is 2. The van der Waals surface area contributed by atoms with Crippen molar-refractivity contribution in [1.82, 2.24) is 4.57 Å². The molecular formula is C15H12ClNOS. The van der Waals surface area contributed by atoms with Crippen LogP contribution in [0.2, 0.25) is 5.02 Å². The monoisotopic (exact) mass is 289 g/mol. The van der Waals surface area contributed by atoms with Gasteiger partial charge in [0.25, 0.3) is 5.56 Å². The quantitative estimate of drug-likeness (QED) is 0.697. The lowest BCUT2D eigenvalue weighted by Crippen LogP contribution is -2.19. The SMILES string of the molecule is Cc1ccc(Cn2ccc3sccc3c2=O)c(Cl)c1. The Hall–Kier alpha value is -1.58. The van der Waals surface area contributed by atoms with Gasteiger partial charge >= 0.3 is 0 Å². The second-order valence-electron chi connectivity index (χ2n) is 4.54. The number of aryl methyl sites for hydroxylation is 1. The Labute approximate surface area is 119 Å². The summed E-state index contributed by atoms with van der Waals surface area (Å²) in [6, 6.07) is 9.75. The molecule has 2 nitrogen and oxygen atoms in total. The van der Waals surface area contributed by atoms with E-state index in [9.17, 15) is 4.79 Å². The standard InChI is InChI=1S/C15H12ClNOS/c1-10-2-3-11(13(16)8-10)9-17-6-4-14-12(15(17)18)5-7-19-14/h2-8H,9H2,1H3. The summed E-state index contributed by atoms with van der Waals surface area (Å²) < 4.78 is 2.72. The zero-order chi connectivity index (χ0) is 13.4. The molecule has 96 valence electrons. The molecule has 0 saturated heterocycles. The number of nitrogens with zero attached hydrogens (tertiary/aromatic N) is 1. The average Bonchev–Trinajstić information content (AvgIpc) is 2.85. The van der Waals surface area contributed by atoms with Gasteiger partial charge in [-0.1, -0.05) is 23.7 Å². The average molecular weight is 290 g/mol. The summed E-state index contributed by atoms with van der Waals surface area (Å²) in [5, 5.41) is 3.42. The van der Waals surface area contributed by atoms with Crippen LogP contribution in [-0.4, -0.2) is 4.57 Å². The molecule has 1 aromatic carbocycles. The largest absolute Gasteiger partial charge is 0.310 e. The minimum Gasteiger partial charge on any atom is -0.310 e. The van der Waals surface area contributed by atoms with E-state index < -0.39 is 0 Å². The van der Waals surface area contributed by atoms with Crippen molar-refractivity contribution in [3.63, 3.8) is 0 Å². The zero-order valence-corrected chi connectivity index (χ0v) is 12.0. The maximum Gasteiger partial charge on any atom is 0.259 e. The van der Waals surface area contributed by atoms with Gasteiger partial charge in [0.05, 0.1) is 11.9 Å². The Bertz CT molecular complexity index is 803. The lowest BCUT2D eigenvalue weighted by atomic mass is 10.1. The minimum absolute atomic E-state index is 0.0374. The summed E-state index contributed by atoms with van der Waals surface area (Å²) in [6.45, 7) is 2.50. The molecule has 0 amide bonds. The van der Waals surface area contributed by atoms with Gasteiger partial charge in [0.1, 0.15) is 0 Å². The minimum atomic E-state index is 0.0374. The van der Waals surface area contributed by atoms with Crippen molar-refractivity contribution >= 4 is 33.0 Å². The van der Waals surface area contributed by atoms with Crippen LogP contribution >= 0.6 is 22.9 Å². The molecule has 3 rings (SSSR count). The van der Waals surface area contributed by atoms with E-state index in [1.165, 1.54) is 0 Å². The van der Waals surface area contributed by atoms with Gasteiger partial charge in [0.15, 0.2) is 0 Å².